The summed E-state index contributed by atoms with van der Waals surface area (Å²) in [4.78, 5) is 14.4. The topological polar surface area (TPSA) is 64.6 Å². The van der Waals surface area contributed by atoms with Gasteiger partial charge in [0, 0.05) is 25.7 Å². The number of aliphatic hydroxyl groups excluding tert-OH is 1. The molecule has 0 spiro atoms. The van der Waals surface area contributed by atoms with E-state index in [1.807, 2.05) is 0 Å². The molecule has 2 aliphatic rings. The predicted molar refractivity (Wildman–Crippen MR) is 74.9 cm³/mol. The van der Waals surface area contributed by atoms with Gasteiger partial charge in [0.2, 0.25) is 5.91 Å². The molecule has 5 nitrogen and oxygen atoms in total. The lowest BCUT2D eigenvalue weighted by molar-refractivity contribution is -0.123. The summed E-state index contributed by atoms with van der Waals surface area (Å²) in [6.45, 7) is 8.01. The molecular formula is C14H27N3O2. The van der Waals surface area contributed by atoms with E-state index in [1.165, 1.54) is 19.4 Å². The standard InChI is InChI=1S/C14H27N3O2/c1-10(2)17-5-3-4-11(9-17)7-16-14(19)13-6-12(18)8-15-13/h10-13,15,18H,3-9H2,1-2H3,(H,16,19). The van der Waals surface area contributed by atoms with Crippen molar-refractivity contribution in [2.75, 3.05) is 26.2 Å². The number of β-amino-alcohol motifs (C(OH)–C–C–N with tert-alkyl or cyclic N) is 1. The van der Waals surface area contributed by atoms with Crippen LogP contribution in [0.2, 0.25) is 0 Å². The highest BCUT2D eigenvalue weighted by atomic mass is 16.3. The Morgan fingerprint density at radius 3 is 2.95 bits per heavy atom. The van der Waals surface area contributed by atoms with Crippen LogP contribution in [0.25, 0.3) is 0 Å². The van der Waals surface area contributed by atoms with Crippen LogP contribution in [0.3, 0.4) is 0 Å². The average Bonchev–Trinajstić information content (AvgIpc) is 2.83. The first-order valence-electron chi connectivity index (χ1n) is 7.49. The van der Waals surface area contributed by atoms with Crippen LogP contribution in [-0.2, 0) is 4.79 Å². The van der Waals surface area contributed by atoms with Crippen LogP contribution in [0.5, 0.6) is 0 Å². The first-order valence-corrected chi connectivity index (χ1v) is 7.49. The molecule has 0 aromatic heterocycles. The molecule has 0 radical (unpaired) electrons. The van der Waals surface area contributed by atoms with E-state index in [9.17, 15) is 9.90 Å². The Labute approximate surface area is 115 Å². The molecule has 3 unspecified atom stereocenters. The Morgan fingerprint density at radius 1 is 1.53 bits per heavy atom. The summed E-state index contributed by atoms with van der Waals surface area (Å²) >= 11 is 0. The van der Waals surface area contributed by atoms with Crippen LogP contribution in [0.1, 0.15) is 33.1 Å². The van der Waals surface area contributed by atoms with Gasteiger partial charge in [-0.25, -0.2) is 0 Å². The van der Waals surface area contributed by atoms with E-state index in [2.05, 4.69) is 29.4 Å². The summed E-state index contributed by atoms with van der Waals surface area (Å²) in [6.07, 6.45) is 2.58. The molecule has 5 heteroatoms. The van der Waals surface area contributed by atoms with Gasteiger partial charge in [-0.2, -0.15) is 0 Å². The van der Waals surface area contributed by atoms with Gasteiger partial charge in [-0.1, -0.05) is 0 Å². The zero-order valence-electron chi connectivity index (χ0n) is 12.1. The van der Waals surface area contributed by atoms with Crippen molar-refractivity contribution in [2.24, 2.45) is 5.92 Å². The first-order chi connectivity index (χ1) is 9.06. The minimum absolute atomic E-state index is 0.0400. The molecular weight excluding hydrogens is 242 g/mol. The number of carbonyl (C=O) groups is 1. The molecule has 3 atom stereocenters. The van der Waals surface area contributed by atoms with Gasteiger partial charge in [0.15, 0.2) is 0 Å². The number of nitrogens with one attached hydrogen (secondary N) is 2. The van der Waals surface area contributed by atoms with Crippen molar-refractivity contribution in [1.29, 1.82) is 0 Å². The molecule has 2 saturated heterocycles. The SMILES string of the molecule is CC(C)N1CCCC(CNC(=O)C2CC(O)CN2)C1. The van der Waals surface area contributed by atoms with Crippen LogP contribution < -0.4 is 10.6 Å². The van der Waals surface area contributed by atoms with Gasteiger partial charge in [0.1, 0.15) is 0 Å². The predicted octanol–water partition coefficient (Wildman–Crippen LogP) is -0.0542. The maximum atomic E-state index is 12.0. The number of nitrogens with zero attached hydrogens (tertiary/aromatic N) is 1. The number of amides is 1. The van der Waals surface area contributed by atoms with Gasteiger partial charge in [-0.05, 0) is 45.6 Å². The Kier molecular flexibility index (Phi) is 5.19. The zero-order chi connectivity index (χ0) is 13.8. The lowest BCUT2D eigenvalue weighted by atomic mass is 9.97. The van der Waals surface area contributed by atoms with Crippen molar-refractivity contribution < 1.29 is 9.90 Å². The van der Waals surface area contributed by atoms with Gasteiger partial charge < -0.3 is 20.6 Å². The minimum Gasteiger partial charge on any atom is -0.392 e. The normalized spacial score (nSPS) is 32.7. The second-order valence-corrected chi connectivity index (χ2v) is 6.19. The third-order valence-electron chi connectivity index (χ3n) is 4.27. The third kappa shape index (κ3) is 4.16. The number of carbonyl (C=O) groups excluding carboxylic acids is 1. The van der Waals surface area contributed by atoms with Crippen LogP contribution in [0, 0.1) is 5.92 Å². The van der Waals surface area contributed by atoms with Crippen LogP contribution in [0.4, 0.5) is 0 Å². The molecule has 0 aromatic rings. The molecule has 0 aliphatic carbocycles. The van der Waals surface area contributed by atoms with Crippen LogP contribution in [-0.4, -0.2) is 60.3 Å². The van der Waals surface area contributed by atoms with Gasteiger partial charge in [-0.3, -0.25) is 4.79 Å². The highest BCUT2D eigenvalue weighted by Crippen LogP contribution is 2.17. The highest BCUT2D eigenvalue weighted by Gasteiger charge is 2.29. The summed E-state index contributed by atoms with van der Waals surface area (Å²) in [5.74, 6) is 0.602. The van der Waals surface area contributed by atoms with E-state index in [1.54, 1.807) is 0 Å². The minimum atomic E-state index is -0.373. The van der Waals surface area contributed by atoms with E-state index in [0.717, 1.165) is 13.1 Å². The van der Waals surface area contributed by atoms with Crippen molar-refractivity contribution in [3.63, 3.8) is 0 Å². The molecule has 110 valence electrons. The van der Waals surface area contributed by atoms with E-state index in [0.29, 0.717) is 24.9 Å². The van der Waals surface area contributed by atoms with E-state index < -0.39 is 0 Å². The Balaban J connectivity index is 1.71. The highest BCUT2D eigenvalue weighted by molar-refractivity contribution is 5.82. The number of piperidine rings is 1. The fraction of sp³-hybridized carbons (Fsp3) is 0.929. The monoisotopic (exact) mass is 269 g/mol. The zero-order valence-corrected chi connectivity index (χ0v) is 12.1. The van der Waals surface area contributed by atoms with Crippen LogP contribution >= 0.6 is 0 Å². The second-order valence-electron chi connectivity index (χ2n) is 6.19. The van der Waals surface area contributed by atoms with Crippen molar-refractivity contribution in [1.82, 2.24) is 15.5 Å². The lowest BCUT2D eigenvalue weighted by Crippen LogP contribution is -2.46. The van der Waals surface area contributed by atoms with Gasteiger partial charge in [0.25, 0.3) is 0 Å². The average molecular weight is 269 g/mol. The summed E-state index contributed by atoms with van der Waals surface area (Å²) in [5, 5.41) is 15.5. The van der Waals surface area contributed by atoms with E-state index in [4.69, 9.17) is 0 Å². The molecule has 0 bridgehead atoms. The molecule has 1 amide bonds. The second kappa shape index (κ2) is 6.68. The molecule has 3 N–H and O–H groups in total. The summed E-state index contributed by atoms with van der Waals surface area (Å²) in [7, 11) is 0. The Hall–Kier alpha value is -0.650. The quantitative estimate of drug-likeness (QED) is 0.669. The molecule has 2 rings (SSSR count). The smallest absolute Gasteiger partial charge is 0.237 e. The molecule has 19 heavy (non-hydrogen) atoms. The fourth-order valence-electron chi connectivity index (χ4n) is 3.02. The van der Waals surface area contributed by atoms with E-state index >= 15 is 0 Å². The lowest BCUT2D eigenvalue weighted by Gasteiger charge is -2.35. The van der Waals surface area contributed by atoms with Crippen molar-refractivity contribution in [3.8, 4) is 0 Å². The number of aliphatic hydroxyl groups is 1. The Bertz CT molecular complexity index is 309. The van der Waals surface area contributed by atoms with Crippen molar-refractivity contribution in [3.05, 3.63) is 0 Å². The van der Waals surface area contributed by atoms with Gasteiger partial charge in [0.05, 0.1) is 12.1 Å². The number of hydrogen-bond acceptors (Lipinski definition) is 4. The van der Waals surface area contributed by atoms with Gasteiger partial charge >= 0.3 is 0 Å². The first kappa shape index (κ1) is 14.8. The summed E-state index contributed by atoms with van der Waals surface area (Å²) < 4.78 is 0. The fourth-order valence-corrected chi connectivity index (χ4v) is 3.02. The van der Waals surface area contributed by atoms with E-state index in [-0.39, 0.29) is 18.1 Å². The molecule has 2 fully saturated rings. The maximum Gasteiger partial charge on any atom is 0.237 e. The molecule has 2 heterocycles. The van der Waals surface area contributed by atoms with Crippen molar-refractivity contribution >= 4 is 5.91 Å². The number of hydrogen-bond donors (Lipinski definition) is 3. The molecule has 0 saturated carbocycles. The third-order valence-corrected chi connectivity index (χ3v) is 4.27. The number of likely N-dealkylation sites (tertiary alicyclic amines) is 1. The summed E-state index contributed by atoms with van der Waals surface area (Å²) in [6, 6.07) is 0.380. The van der Waals surface area contributed by atoms with Crippen LogP contribution in [0.15, 0.2) is 0 Å². The molecule has 2 aliphatic heterocycles. The number of rotatable bonds is 4. The van der Waals surface area contributed by atoms with Gasteiger partial charge in [-0.15, -0.1) is 0 Å². The largest absolute Gasteiger partial charge is 0.392 e. The maximum absolute atomic E-state index is 12.0. The van der Waals surface area contributed by atoms with Crippen molar-refractivity contribution in [2.45, 2.75) is 51.3 Å². The summed E-state index contributed by atoms with van der Waals surface area (Å²) in [5.41, 5.74) is 0. The molecule has 0 aromatic carbocycles. The Morgan fingerprint density at radius 2 is 2.32 bits per heavy atom.